The molecule has 0 heterocycles. The van der Waals surface area contributed by atoms with E-state index >= 15 is 0 Å². The average Bonchev–Trinajstić information content (AvgIpc) is 2.99. The minimum atomic E-state index is -0.574. The fraction of sp³-hybridized carbons (Fsp3) is 0.778. The van der Waals surface area contributed by atoms with E-state index in [0.29, 0.717) is 30.6 Å². The lowest BCUT2D eigenvalue weighted by molar-refractivity contribution is -0.0492. The van der Waals surface area contributed by atoms with Gasteiger partial charge in [-0.25, -0.2) is 0 Å². The van der Waals surface area contributed by atoms with Gasteiger partial charge in [-0.2, -0.15) is 0 Å². The van der Waals surface area contributed by atoms with Crippen molar-refractivity contribution in [3.8, 4) is 0 Å². The molecule has 7 atom stereocenters. The number of fused-ring (bicyclic) bond motifs is 5. The zero-order valence-electron chi connectivity index (χ0n) is 19.6. The highest BCUT2D eigenvalue weighted by molar-refractivity contribution is 5.43. The first-order valence-corrected chi connectivity index (χ1v) is 12.2. The summed E-state index contributed by atoms with van der Waals surface area (Å²) >= 11 is 0. The minimum absolute atomic E-state index is 0.217. The van der Waals surface area contributed by atoms with E-state index < -0.39 is 17.8 Å². The van der Waals surface area contributed by atoms with Crippen LogP contribution >= 0.6 is 0 Å². The molecule has 30 heavy (non-hydrogen) atoms. The molecular formula is C27H42O3. The Morgan fingerprint density at radius 2 is 1.90 bits per heavy atom. The molecule has 0 radical (unpaired) electrons. The van der Waals surface area contributed by atoms with E-state index in [1.807, 2.05) is 13.8 Å². The van der Waals surface area contributed by atoms with Gasteiger partial charge in [-0.15, -0.1) is 0 Å². The maximum Gasteiger partial charge on any atom is 0.0661 e. The normalized spacial score (nSPS) is 41.8. The van der Waals surface area contributed by atoms with Crippen LogP contribution in [0.15, 0.2) is 34.9 Å². The number of aliphatic hydroxyl groups is 3. The Morgan fingerprint density at radius 1 is 1.17 bits per heavy atom. The zero-order valence-corrected chi connectivity index (χ0v) is 19.6. The van der Waals surface area contributed by atoms with Crippen LogP contribution in [0.4, 0.5) is 0 Å². The predicted molar refractivity (Wildman–Crippen MR) is 122 cm³/mol. The van der Waals surface area contributed by atoms with Gasteiger partial charge in [-0.05, 0) is 75.5 Å². The summed E-state index contributed by atoms with van der Waals surface area (Å²) < 4.78 is 0. The monoisotopic (exact) mass is 414 g/mol. The predicted octanol–water partition coefficient (Wildman–Crippen LogP) is 5.31. The summed E-state index contributed by atoms with van der Waals surface area (Å²) in [5.74, 6) is 1.49. The number of allylic oxidation sites excluding steroid dienone is 5. The third kappa shape index (κ3) is 3.55. The maximum absolute atomic E-state index is 11.0. The van der Waals surface area contributed by atoms with Crippen LogP contribution in [0.1, 0.15) is 86.0 Å². The van der Waals surface area contributed by atoms with Crippen molar-refractivity contribution in [2.24, 2.45) is 28.6 Å². The first-order chi connectivity index (χ1) is 14.0. The average molecular weight is 415 g/mol. The largest absolute Gasteiger partial charge is 0.393 e. The van der Waals surface area contributed by atoms with Gasteiger partial charge in [0.25, 0.3) is 0 Å². The van der Waals surface area contributed by atoms with Gasteiger partial charge in [0.2, 0.25) is 0 Å². The molecule has 0 aromatic carbocycles. The van der Waals surface area contributed by atoms with Gasteiger partial charge in [-0.1, -0.05) is 62.1 Å². The van der Waals surface area contributed by atoms with Crippen LogP contribution in [0.3, 0.4) is 0 Å². The molecule has 0 aliphatic heterocycles. The smallest absolute Gasteiger partial charge is 0.0661 e. The molecule has 4 aliphatic rings. The Kier molecular flexibility index (Phi) is 5.65. The molecule has 2 saturated carbocycles. The summed E-state index contributed by atoms with van der Waals surface area (Å²) in [6, 6.07) is 0. The number of rotatable bonds is 5. The zero-order chi connectivity index (χ0) is 21.9. The highest BCUT2D eigenvalue weighted by Gasteiger charge is 2.56. The van der Waals surface area contributed by atoms with Crippen LogP contribution in [0.2, 0.25) is 0 Å². The van der Waals surface area contributed by atoms with E-state index in [-0.39, 0.29) is 10.8 Å². The highest BCUT2D eigenvalue weighted by Crippen LogP contribution is 2.64. The summed E-state index contributed by atoms with van der Waals surface area (Å²) in [6.45, 7) is 10.9. The molecule has 0 aromatic heterocycles. The molecule has 0 spiro atoms. The van der Waals surface area contributed by atoms with E-state index in [9.17, 15) is 15.3 Å². The highest BCUT2D eigenvalue weighted by atomic mass is 16.3. The summed E-state index contributed by atoms with van der Waals surface area (Å²) in [4.78, 5) is 0. The van der Waals surface area contributed by atoms with Crippen molar-refractivity contribution >= 4 is 0 Å². The lowest BCUT2D eigenvalue weighted by Gasteiger charge is -2.56. The number of hydrogen-bond donors (Lipinski definition) is 3. The van der Waals surface area contributed by atoms with E-state index in [4.69, 9.17) is 0 Å². The van der Waals surface area contributed by atoms with Crippen molar-refractivity contribution < 1.29 is 15.3 Å². The second-order valence-electron chi connectivity index (χ2n) is 11.8. The van der Waals surface area contributed by atoms with E-state index in [1.54, 1.807) is 11.1 Å². The molecule has 0 aromatic rings. The second kappa shape index (κ2) is 7.60. The van der Waals surface area contributed by atoms with Crippen molar-refractivity contribution in [3.05, 3.63) is 34.9 Å². The van der Waals surface area contributed by atoms with Crippen LogP contribution < -0.4 is 0 Å². The van der Waals surface area contributed by atoms with Crippen LogP contribution in [-0.2, 0) is 0 Å². The van der Waals surface area contributed by atoms with Gasteiger partial charge < -0.3 is 15.3 Å². The molecule has 168 valence electrons. The van der Waals surface area contributed by atoms with Crippen LogP contribution in [0.5, 0.6) is 0 Å². The molecule has 4 aliphatic carbocycles. The van der Waals surface area contributed by atoms with Crippen molar-refractivity contribution in [1.29, 1.82) is 0 Å². The molecular weight excluding hydrogens is 372 g/mol. The first-order valence-electron chi connectivity index (χ1n) is 12.2. The van der Waals surface area contributed by atoms with Gasteiger partial charge in [0.05, 0.1) is 17.8 Å². The molecule has 0 saturated heterocycles. The molecule has 4 rings (SSSR count). The molecule has 0 bridgehead atoms. The Labute approximate surface area is 183 Å². The molecule has 0 unspecified atom stereocenters. The fourth-order valence-corrected chi connectivity index (χ4v) is 7.43. The molecule has 0 amide bonds. The summed E-state index contributed by atoms with van der Waals surface area (Å²) in [6.07, 6.45) is 13.9. The first kappa shape index (κ1) is 22.3. The van der Waals surface area contributed by atoms with Crippen molar-refractivity contribution in [1.82, 2.24) is 0 Å². The van der Waals surface area contributed by atoms with Crippen molar-refractivity contribution in [2.75, 3.05) is 0 Å². The van der Waals surface area contributed by atoms with Gasteiger partial charge in [-0.3, -0.25) is 0 Å². The van der Waals surface area contributed by atoms with Crippen LogP contribution in [0.25, 0.3) is 0 Å². The second-order valence-corrected chi connectivity index (χ2v) is 11.8. The minimum Gasteiger partial charge on any atom is -0.393 e. The van der Waals surface area contributed by atoms with Gasteiger partial charge in [0.15, 0.2) is 0 Å². The lowest BCUT2D eigenvalue weighted by atomic mass is 9.49. The Balaban J connectivity index is 1.54. The lowest BCUT2D eigenvalue weighted by Crippen LogP contribution is -2.52. The summed E-state index contributed by atoms with van der Waals surface area (Å²) in [7, 11) is 0. The SMILES string of the molecule is C[C@H](CCCC(C)(C)O)C1=CC[C@H]2C3=CC=C4C[C@@H](O)C[C@H](O)[C@]4(C)[C@H]3CC[C@]12C. The van der Waals surface area contributed by atoms with Crippen LogP contribution in [0, 0.1) is 28.6 Å². The number of hydrogen-bond acceptors (Lipinski definition) is 3. The molecule has 3 nitrogen and oxygen atoms in total. The molecule has 3 N–H and O–H groups in total. The van der Waals surface area contributed by atoms with Crippen LogP contribution in [-0.4, -0.2) is 33.1 Å². The number of aliphatic hydroxyl groups excluding tert-OH is 2. The van der Waals surface area contributed by atoms with Crippen molar-refractivity contribution in [2.45, 2.75) is 104 Å². The Morgan fingerprint density at radius 3 is 2.60 bits per heavy atom. The molecule has 2 fully saturated rings. The summed E-state index contributed by atoms with van der Waals surface area (Å²) in [5, 5.41) is 31.3. The molecule has 3 heteroatoms. The topological polar surface area (TPSA) is 60.7 Å². The standard InChI is InChI=1S/C27H42O3/c1-17(7-6-13-25(2,3)30)21-10-11-22-20-9-8-18-15-19(28)16-24(29)27(18,5)23(20)12-14-26(21,22)4/h8-10,17,19,22-24,28-30H,6-7,11-16H2,1-5H3/t17-,19-,22+,23+,24+,26-,27+/m1/s1. The van der Waals surface area contributed by atoms with E-state index in [2.05, 4.69) is 39.0 Å². The Hall–Kier alpha value is -0.900. The van der Waals surface area contributed by atoms with Gasteiger partial charge in [0, 0.05) is 11.8 Å². The van der Waals surface area contributed by atoms with Gasteiger partial charge >= 0.3 is 0 Å². The quantitative estimate of drug-likeness (QED) is 0.534. The fourth-order valence-electron chi connectivity index (χ4n) is 7.43. The summed E-state index contributed by atoms with van der Waals surface area (Å²) in [5.41, 5.74) is 3.85. The van der Waals surface area contributed by atoms with E-state index in [1.165, 1.54) is 12.0 Å². The third-order valence-corrected chi connectivity index (χ3v) is 9.25. The van der Waals surface area contributed by atoms with Crippen molar-refractivity contribution in [3.63, 3.8) is 0 Å². The maximum atomic E-state index is 11.0. The van der Waals surface area contributed by atoms with Gasteiger partial charge in [0.1, 0.15) is 0 Å². The van der Waals surface area contributed by atoms with E-state index in [0.717, 1.165) is 32.1 Å². The Bertz CT molecular complexity index is 769. The third-order valence-electron chi connectivity index (χ3n) is 9.25.